The zero-order chi connectivity index (χ0) is 20.6. The van der Waals surface area contributed by atoms with E-state index in [0.717, 1.165) is 11.1 Å². The molecule has 0 bridgehead atoms. The first-order chi connectivity index (χ1) is 14.0. The van der Waals surface area contributed by atoms with Crippen molar-refractivity contribution >= 4 is 5.96 Å². The number of benzene rings is 2. The van der Waals surface area contributed by atoms with E-state index < -0.39 is 5.82 Å². The Morgan fingerprint density at radius 3 is 2.34 bits per heavy atom. The van der Waals surface area contributed by atoms with Gasteiger partial charge in [-0.05, 0) is 53.9 Å². The van der Waals surface area contributed by atoms with Gasteiger partial charge in [0.2, 0.25) is 0 Å². The lowest BCUT2D eigenvalue weighted by molar-refractivity contribution is 0.440. The molecule has 0 unspecified atom stereocenters. The first-order valence-electron chi connectivity index (χ1n) is 9.11. The topological polar surface area (TPSA) is 58.5 Å². The summed E-state index contributed by atoms with van der Waals surface area (Å²) in [5, 5.41) is 6.28. The molecule has 2 N–H and O–H groups in total. The lowest BCUT2D eigenvalue weighted by atomic mass is 10.1. The van der Waals surface area contributed by atoms with Crippen LogP contribution in [0.4, 0.5) is 8.78 Å². The van der Waals surface area contributed by atoms with Gasteiger partial charge in [-0.25, -0.2) is 8.78 Å². The SMILES string of the molecule is CN=C(NCc1ccc(F)c(C)c1)NCc1ccc(Oc2cccnc2)c(F)c1. The third-order valence-corrected chi connectivity index (χ3v) is 4.22. The van der Waals surface area contributed by atoms with Gasteiger partial charge >= 0.3 is 0 Å². The number of aryl methyl sites for hydroxylation is 1. The van der Waals surface area contributed by atoms with Crippen LogP contribution in [0, 0.1) is 18.6 Å². The summed E-state index contributed by atoms with van der Waals surface area (Å²) >= 11 is 0. The van der Waals surface area contributed by atoms with Gasteiger partial charge in [-0.3, -0.25) is 9.98 Å². The number of pyridine rings is 1. The van der Waals surface area contributed by atoms with Crippen LogP contribution in [-0.2, 0) is 13.1 Å². The molecule has 0 aliphatic carbocycles. The van der Waals surface area contributed by atoms with Gasteiger partial charge in [-0.2, -0.15) is 0 Å². The predicted molar refractivity (Wildman–Crippen MR) is 109 cm³/mol. The molecule has 2 aromatic carbocycles. The quantitative estimate of drug-likeness (QED) is 0.481. The molecule has 0 saturated heterocycles. The number of nitrogens with one attached hydrogen (secondary N) is 2. The second kappa shape index (κ2) is 9.64. The third-order valence-electron chi connectivity index (χ3n) is 4.22. The van der Waals surface area contributed by atoms with E-state index in [9.17, 15) is 8.78 Å². The van der Waals surface area contributed by atoms with E-state index in [0.29, 0.717) is 30.4 Å². The molecule has 150 valence electrons. The van der Waals surface area contributed by atoms with Crippen molar-refractivity contribution in [1.29, 1.82) is 0 Å². The molecule has 29 heavy (non-hydrogen) atoms. The highest BCUT2D eigenvalue weighted by atomic mass is 19.1. The Labute approximate surface area is 168 Å². The highest BCUT2D eigenvalue weighted by molar-refractivity contribution is 5.79. The fourth-order valence-corrected chi connectivity index (χ4v) is 2.68. The largest absolute Gasteiger partial charge is 0.453 e. The number of rotatable bonds is 6. The molecular weight excluding hydrogens is 374 g/mol. The zero-order valence-corrected chi connectivity index (χ0v) is 16.2. The van der Waals surface area contributed by atoms with Crippen LogP contribution in [-0.4, -0.2) is 18.0 Å². The molecule has 7 heteroatoms. The molecule has 0 aliphatic heterocycles. The molecule has 1 aromatic heterocycles. The number of nitrogens with zero attached hydrogens (tertiary/aromatic N) is 2. The van der Waals surface area contributed by atoms with E-state index >= 15 is 0 Å². The summed E-state index contributed by atoms with van der Waals surface area (Å²) in [6, 6.07) is 13.1. The minimum absolute atomic E-state index is 0.135. The molecular formula is C22H22F2N4O. The Hall–Kier alpha value is -3.48. The monoisotopic (exact) mass is 396 g/mol. The van der Waals surface area contributed by atoms with E-state index in [1.165, 1.54) is 18.3 Å². The maximum atomic E-state index is 14.3. The van der Waals surface area contributed by atoms with Crippen molar-refractivity contribution in [1.82, 2.24) is 15.6 Å². The van der Waals surface area contributed by atoms with Crippen molar-refractivity contribution in [3.8, 4) is 11.5 Å². The summed E-state index contributed by atoms with van der Waals surface area (Å²) in [7, 11) is 1.65. The number of aliphatic imine (C=N–C) groups is 1. The van der Waals surface area contributed by atoms with Crippen molar-refractivity contribution in [3.63, 3.8) is 0 Å². The summed E-state index contributed by atoms with van der Waals surface area (Å²) < 4.78 is 33.2. The standard InChI is InChI=1S/C22H22F2N4O/c1-15-10-16(5-7-19(15)23)12-27-22(25-2)28-13-17-6-8-21(20(24)11-17)29-18-4-3-9-26-14-18/h3-11,14H,12-13H2,1-2H3,(H2,25,27,28). The summed E-state index contributed by atoms with van der Waals surface area (Å²) in [4.78, 5) is 8.09. The Balaban J connectivity index is 1.55. The Bertz CT molecular complexity index is 993. The number of hydrogen-bond acceptors (Lipinski definition) is 3. The molecule has 3 rings (SSSR count). The van der Waals surface area contributed by atoms with Crippen LogP contribution in [0.15, 0.2) is 65.9 Å². The zero-order valence-electron chi connectivity index (χ0n) is 16.2. The maximum absolute atomic E-state index is 14.3. The van der Waals surface area contributed by atoms with Gasteiger partial charge in [0.25, 0.3) is 0 Å². The fraction of sp³-hybridized carbons (Fsp3) is 0.182. The number of aromatic nitrogens is 1. The molecule has 5 nitrogen and oxygen atoms in total. The van der Waals surface area contributed by atoms with E-state index in [-0.39, 0.29) is 11.6 Å². The van der Waals surface area contributed by atoms with Crippen LogP contribution in [0.3, 0.4) is 0 Å². The van der Waals surface area contributed by atoms with Gasteiger partial charge in [0.15, 0.2) is 17.5 Å². The number of guanidine groups is 1. The molecule has 0 amide bonds. The molecule has 0 fully saturated rings. The summed E-state index contributed by atoms with van der Waals surface area (Å²) in [5.74, 6) is 0.476. The number of halogens is 2. The van der Waals surface area contributed by atoms with Gasteiger partial charge in [0, 0.05) is 26.3 Å². The lowest BCUT2D eigenvalue weighted by Crippen LogP contribution is -2.36. The van der Waals surface area contributed by atoms with Gasteiger partial charge < -0.3 is 15.4 Å². The van der Waals surface area contributed by atoms with Crippen molar-refractivity contribution in [2.45, 2.75) is 20.0 Å². The molecule has 0 spiro atoms. The first-order valence-corrected chi connectivity index (χ1v) is 9.11. The van der Waals surface area contributed by atoms with Gasteiger partial charge in [0.05, 0.1) is 6.20 Å². The van der Waals surface area contributed by atoms with Gasteiger partial charge in [-0.15, -0.1) is 0 Å². The van der Waals surface area contributed by atoms with Gasteiger partial charge in [-0.1, -0.05) is 18.2 Å². The fourth-order valence-electron chi connectivity index (χ4n) is 2.68. The van der Waals surface area contributed by atoms with Crippen LogP contribution in [0.2, 0.25) is 0 Å². The average Bonchev–Trinajstić information content (AvgIpc) is 2.73. The molecule has 0 radical (unpaired) electrons. The number of ether oxygens (including phenoxy) is 1. The summed E-state index contributed by atoms with van der Waals surface area (Å²) in [6.07, 6.45) is 3.14. The molecule has 3 aromatic rings. The Morgan fingerprint density at radius 1 is 1.00 bits per heavy atom. The first kappa shape index (κ1) is 20.3. The molecule has 0 saturated carbocycles. The van der Waals surface area contributed by atoms with Crippen LogP contribution >= 0.6 is 0 Å². The van der Waals surface area contributed by atoms with Crippen molar-refractivity contribution in [3.05, 3.63) is 89.2 Å². The second-order valence-electron chi connectivity index (χ2n) is 6.42. The van der Waals surface area contributed by atoms with Crippen LogP contribution in [0.5, 0.6) is 11.5 Å². The van der Waals surface area contributed by atoms with E-state index in [2.05, 4.69) is 20.6 Å². The summed E-state index contributed by atoms with van der Waals surface area (Å²) in [6.45, 7) is 2.60. The second-order valence-corrected chi connectivity index (χ2v) is 6.42. The maximum Gasteiger partial charge on any atom is 0.191 e. The lowest BCUT2D eigenvalue weighted by Gasteiger charge is -2.13. The van der Waals surface area contributed by atoms with Crippen molar-refractivity contribution < 1.29 is 13.5 Å². The minimum Gasteiger partial charge on any atom is -0.453 e. The van der Waals surface area contributed by atoms with E-state index in [1.54, 1.807) is 56.6 Å². The molecule has 0 atom stereocenters. The van der Waals surface area contributed by atoms with Crippen LogP contribution < -0.4 is 15.4 Å². The average molecular weight is 396 g/mol. The van der Waals surface area contributed by atoms with Crippen LogP contribution in [0.1, 0.15) is 16.7 Å². The minimum atomic E-state index is -0.460. The van der Waals surface area contributed by atoms with E-state index in [4.69, 9.17) is 4.74 Å². The number of hydrogen-bond donors (Lipinski definition) is 2. The molecule has 0 aliphatic rings. The Kier molecular flexibility index (Phi) is 6.73. The molecule has 1 heterocycles. The van der Waals surface area contributed by atoms with Crippen molar-refractivity contribution in [2.75, 3.05) is 7.05 Å². The predicted octanol–water partition coefficient (Wildman–Crippen LogP) is 4.33. The van der Waals surface area contributed by atoms with Crippen molar-refractivity contribution in [2.24, 2.45) is 4.99 Å². The van der Waals surface area contributed by atoms with Gasteiger partial charge in [0.1, 0.15) is 11.6 Å². The third kappa shape index (κ3) is 5.75. The summed E-state index contributed by atoms with van der Waals surface area (Å²) in [5.41, 5.74) is 2.27. The van der Waals surface area contributed by atoms with E-state index in [1.807, 2.05) is 0 Å². The Morgan fingerprint density at radius 2 is 1.72 bits per heavy atom. The highest BCUT2D eigenvalue weighted by Gasteiger charge is 2.07. The van der Waals surface area contributed by atoms with Crippen LogP contribution in [0.25, 0.3) is 0 Å². The highest BCUT2D eigenvalue weighted by Crippen LogP contribution is 2.24. The normalized spacial score (nSPS) is 11.2. The smallest absolute Gasteiger partial charge is 0.191 e.